The third-order valence-corrected chi connectivity index (χ3v) is 3.45. The smallest absolute Gasteiger partial charge is 0.322 e. The molecule has 0 radical (unpaired) electrons. The molecule has 5 nitrogen and oxygen atoms in total. The fourth-order valence-corrected chi connectivity index (χ4v) is 2.16. The van der Waals surface area contributed by atoms with Crippen molar-refractivity contribution in [1.29, 1.82) is 0 Å². The molecule has 20 heavy (non-hydrogen) atoms. The van der Waals surface area contributed by atoms with Crippen LogP contribution in [0.4, 0.5) is 14.9 Å². The van der Waals surface area contributed by atoms with E-state index in [0.717, 1.165) is 6.07 Å². The molecule has 0 spiro atoms. The van der Waals surface area contributed by atoms with Crippen molar-refractivity contribution in [2.24, 2.45) is 0 Å². The Morgan fingerprint density at radius 2 is 2.30 bits per heavy atom. The molecule has 0 heterocycles. The Morgan fingerprint density at radius 3 is 2.80 bits per heavy atom. The minimum Gasteiger partial charge on any atom is -0.395 e. The molecule has 0 aliphatic carbocycles. The number of anilines is 1. The van der Waals surface area contributed by atoms with Crippen LogP contribution in [0.3, 0.4) is 0 Å². The number of aliphatic hydroxyl groups excluding tert-OH is 1. The number of hydrogen-bond donors (Lipinski definition) is 2. The van der Waals surface area contributed by atoms with E-state index in [1.165, 1.54) is 29.4 Å². The number of nitrogens with zero attached hydrogens (tertiary/aromatic N) is 1. The first-order chi connectivity index (χ1) is 9.49. The van der Waals surface area contributed by atoms with Gasteiger partial charge < -0.3 is 15.3 Å². The van der Waals surface area contributed by atoms with Crippen molar-refractivity contribution in [2.45, 2.75) is 4.90 Å². The maximum atomic E-state index is 13.6. The van der Waals surface area contributed by atoms with Gasteiger partial charge in [-0.05, 0) is 18.2 Å². The molecule has 7 heteroatoms. The van der Waals surface area contributed by atoms with Crippen molar-refractivity contribution in [3.63, 3.8) is 0 Å². The van der Waals surface area contributed by atoms with E-state index in [0.29, 0.717) is 0 Å². The summed E-state index contributed by atoms with van der Waals surface area (Å²) in [4.78, 5) is 13.3. The molecule has 2 amide bonds. The highest BCUT2D eigenvalue weighted by Gasteiger charge is 2.13. The number of urea groups is 1. The summed E-state index contributed by atoms with van der Waals surface area (Å²) in [6.45, 7) is 3.76. The maximum absolute atomic E-state index is 13.6. The van der Waals surface area contributed by atoms with E-state index in [1.807, 2.05) is 0 Å². The molecule has 0 fully saturated rings. The van der Waals surface area contributed by atoms with Gasteiger partial charge in [-0.25, -0.2) is 9.18 Å². The number of carbonyl (C=O) groups is 1. The summed E-state index contributed by atoms with van der Waals surface area (Å²) >= 11 is 0. The number of aliphatic hydroxyl groups is 1. The molecular formula is C13H17FN2O3S. The van der Waals surface area contributed by atoms with Gasteiger partial charge in [0.05, 0.1) is 22.3 Å². The number of hydrogen-bond acceptors (Lipinski definition) is 3. The SMILES string of the molecule is C=CCN(CCO)C(=O)Nc1ccc(S(C)=O)c(F)c1. The van der Waals surface area contributed by atoms with Crippen LogP contribution in [0.15, 0.2) is 35.7 Å². The lowest BCUT2D eigenvalue weighted by atomic mass is 10.3. The summed E-state index contributed by atoms with van der Waals surface area (Å²) in [6, 6.07) is 3.48. The molecular weight excluding hydrogens is 283 g/mol. The molecule has 0 bridgehead atoms. The highest BCUT2D eigenvalue weighted by atomic mass is 32.2. The summed E-state index contributed by atoms with van der Waals surface area (Å²) < 4.78 is 24.8. The lowest BCUT2D eigenvalue weighted by molar-refractivity contribution is 0.195. The van der Waals surface area contributed by atoms with E-state index in [4.69, 9.17) is 5.11 Å². The van der Waals surface area contributed by atoms with Gasteiger partial charge in [-0.1, -0.05) is 6.08 Å². The first-order valence-electron chi connectivity index (χ1n) is 5.90. The second-order valence-electron chi connectivity index (χ2n) is 3.99. The van der Waals surface area contributed by atoms with Crippen LogP contribution in [0.5, 0.6) is 0 Å². The Morgan fingerprint density at radius 1 is 1.60 bits per heavy atom. The van der Waals surface area contributed by atoms with Gasteiger partial charge in [-0.3, -0.25) is 4.21 Å². The van der Waals surface area contributed by atoms with Gasteiger partial charge in [-0.2, -0.15) is 0 Å². The van der Waals surface area contributed by atoms with Crippen LogP contribution in [0, 0.1) is 5.82 Å². The molecule has 1 rings (SSSR count). The van der Waals surface area contributed by atoms with Crippen LogP contribution in [-0.2, 0) is 10.8 Å². The summed E-state index contributed by atoms with van der Waals surface area (Å²) in [5.74, 6) is -0.638. The Hall–Kier alpha value is -1.73. The van der Waals surface area contributed by atoms with Gasteiger partial charge in [0.2, 0.25) is 0 Å². The number of halogens is 1. The summed E-state index contributed by atoms with van der Waals surface area (Å²) in [7, 11) is -1.42. The lowest BCUT2D eigenvalue weighted by Crippen LogP contribution is -2.37. The first kappa shape index (κ1) is 16.3. The number of nitrogens with one attached hydrogen (secondary N) is 1. The average molecular weight is 300 g/mol. The van der Waals surface area contributed by atoms with E-state index in [2.05, 4.69) is 11.9 Å². The quantitative estimate of drug-likeness (QED) is 0.784. The maximum Gasteiger partial charge on any atom is 0.322 e. The molecule has 0 aliphatic rings. The van der Waals surface area contributed by atoms with Crippen molar-refractivity contribution >= 4 is 22.5 Å². The van der Waals surface area contributed by atoms with Crippen LogP contribution in [0.1, 0.15) is 0 Å². The number of carbonyl (C=O) groups excluding carboxylic acids is 1. The topological polar surface area (TPSA) is 69.6 Å². The standard InChI is InChI=1S/C13H17FN2O3S/c1-3-6-16(7-8-17)13(18)15-10-4-5-12(20(2)19)11(14)9-10/h3-5,9,17H,1,6-8H2,2H3,(H,15,18). The highest BCUT2D eigenvalue weighted by Crippen LogP contribution is 2.17. The first-order valence-corrected chi connectivity index (χ1v) is 7.46. The van der Waals surface area contributed by atoms with Crippen LogP contribution < -0.4 is 5.32 Å². The Bertz CT molecular complexity index is 522. The fourth-order valence-electron chi connectivity index (χ4n) is 1.57. The zero-order valence-corrected chi connectivity index (χ0v) is 12.0. The van der Waals surface area contributed by atoms with Crippen molar-refractivity contribution in [3.05, 3.63) is 36.7 Å². The Labute approximate surface area is 119 Å². The van der Waals surface area contributed by atoms with Gasteiger partial charge in [0.15, 0.2) is 0 Å². The molecule has 2 N–H and O–H groups in total. The minimum absolute atomic E-state index is 0.0845. The molecule has 1 aromatic rings. The van der Waals surface area contributed by atoms with Crippen LogP contribution >= 0.6 is 0 Å². The molecule has 0 aliphatic heterocycles. The molecule has 0 aromatic heterocycles. The van der Waals surface area contributed by atoms with E-state index in [9.17, 15) is 13.4 Å². The molecule has 0 saturated heterocycles. The molecule has 1 atom stereocenters. The van der Waals surface area contributed by atoms with Gasteiger partial charge in [0.1, 0.15) is 5.82 Å². The van der Waals surface area contributed by atoms with Crippen LogP contribution in [0.25, 0.3) is 0 Å². The van der Waals surface area contributed by atoms with Gasteiger partial charge in [-0.15, -0.1) is 6.58 Å². The second-order valence-corrected chi connectivity index (χ2v) is 5.34. The lowest BCUT2D eigenvalue weighted by Gasteiger charge is -2.20. The van der Waals surface area contributed by atoms with Crippen LogP contribution in [-0.4, -0.2) is 46.2 Å². The zero-order valence-electron chi connectivity index (χ0n) is 11.1. The Kier molecular flexibility index (Phi) is 6.33. The van der Waals surface area contributed by atoms with E-state index >= 15 is 0 Å². The largest absolute Gasteiger partial charge is 0.395 e. The summed E-state index contributed by atoms with van der Waals surface area (Å²) in [5.41, 5.74) is 0.258. The van der Waals surface area contributed by atoms with Crippen LogP contribution in [0.2, 0.25) is 0 Å². The molecule has 0 saturated carbocycles. The summed E-state index contributed by atoms with van der Waals surface area (Å²) in [5, 5.41) is 11.4. The van der Waals surface area contributed by atoms with Crippen molar-refractivity contribution in [3.8, 4) is 0 Å². The monoisotopic (exact) mass is 300 g/mol. The number of benzene rings is 1. The minimum atomic E-state index is -1.42. The normalized spacial score (nSPS) is 11.8. The van der Waals surface area contributed by atoms with Gasteiger partial charge >= 0.3 is 6.03 Å². The third-order valence-electron chi connectivity index (χ3n) is 2.50. The van der Waals surface area contributed by atoms with Crippen molar-refractivity contribution in [2.75, 3.05) is 31.3 Å². The highest BCUT2D eigenvalue weighted by molar-refractivity contribution is 7.84. The predicted octanol–water partition coefficient (Wildman–Crippen LogP) is 1.58. The van der Waals surface area contributed by atoms with Gasteiger partial charge in [0, 0.05) is 25.0 Å². The van der Waals surface area contributed by atoms with E-state index in [1.54, 1.807) is 0 Å². The predicted molar refractivity (Wildman–Crippen MR) is 76.6 cm³/mol. The van der Waals surface area contributed by atoms with E-state index < -0.39 is 22.6 Å². The third kappa shape index (κ3) is 4.43. The molecule has 1 unspecified atom stereocenters. The average Bonchev–Trinajstić information content (AvgIpc) is 2.38. The van der Waals surface area contributed by atoms with E-state index in [-0.39, 0.29) is 30.3 Å². The Balaban J connectivity index is 2.81. The van der Waals surface area contributed by atoms with Gasteiger partial charge in [0.25, 0.3) is 0 Å². The van der Waals surface area contributed by atoms with Crippen molar-refractivity contribution in [1.82, 2.24) is 4.90 Å². The number of amides is 2. The second kappa shape index (κ2) is 7.76. The molecule has 1 aromatic carbocycles. The fraction of sp³-hybridized carbons (Fsp3) is 0.308. The summed E-state index contributed by atoms with van der Waals surface area (Å²) in [6.07, 6.45) is 2.91. The zero-order chi connectivity index (χ0) is 15.1. The number of rotatable bonds is 6. The van der Waals surface area contributed by atoms with Crippen molar-refractivity contribution < 1.29 is 18.5 Å². The molecule has 110 valence electrons.